The molecule has 2 rings (SSSR count). The number of hydrogen-bond donors (Lipinski definition) is 0. The summed E-state index contributed by atoms with van der Waals surface area (Å²) in [6.45, 7) is 4.67. The number of nitrogens with zero attached hydrogens (tertiary/aromatic N) is 2. The number of hydrogen-bond acceptors (Lipinski definition) is 2. The third kappa shape index (κ3) is 3.02. The van der Waals surface area contributed by atoms with Crippen molar-refractivity contribution in [3.05, 3.63) is 24.3 Å². The largest absolute Gasteiger partial charge is 0.273 e. The van der Waals surface area contributed by atoms with Crippen LogP contribution >= 0.6 is 11.6 Å². The van der Waals surface area contributed by atoms with Crippen LogP contribution in [0.1, 0.15) is 26.7 Å². The molecule has 0 fully saturated rings. The zero-order chi connectivity index (χ0) is 13.2. The third-order valence-corrected chi connectivity index (χ3v) is 3.96. The van der Waals surface area contributed by atoms with E-state index in [9.17, 15) is 4.79 Å². The van der Waals surface area contributed by atoms with E-state index in [-0.39, 0.29) is 17.2 Å². The first kappa shape index (κ1) is 13.3. The second kappa shape index (κ2) is 5.27. The standard InChI is InChI=1S/C14H19ClN2O/c1-14(2,9-15)10-17-13(18)8-7-11-5-3-4-6-12(11)16-17/h3-6,11H,7-10H2,1-2H3. The van der Waals surface area contributed by atoms with E-state index < -0.39 is 0 Å². The highest BCUT2D eigenvalue weighted by Gasteiger charge is 2.28. The number of hydrazone groups is 1. The lowest BCUT2D eigenvalue weighted by atomic mass is 9.94. The second-order valence-electron chi connectivity index (χ2n) is 5.66. The van der Waals surface area contributed by atoms with E-state index in [2.05, 4.69) is 11.2 Å². The molecule has 0 aromatic carbocycles. The van der Waals surface area contributed by atoms with E-state index in [1.165, 1.54) is 0 Å². The van der Waals surface area contributed by atoms with E-state index >= 15 is 0 Å². The van der Waals surface area contributed by atoms with Crippen LogP contribution in [0.5, 0.6) is 0 Å². The molecule has 98 valence electrons. The summed E-state index contributed by atoms with van der Waals surface area (Å²) < 4.78 is 0. The molecule has 1 aliphatic heterocycles. The van der Waals surface area contributed by atoms with Gasteiger partial charge in [-0.1, -0.05) is 32.1 Å². The summed E-state index contributed by atoms with van der Waals surface area (Å²) >= 11 is 5.93. The smallest absolute Gasteiger partial charge is 0.242 e. The van der Waals surface area contributed by atoms with Crippen LogP contribution in [-0.4, -0.2) is 29.1 Å². The zero-order valence-electron chi connectivity index (χ0n) is 10.9. The molecule has 0 saturated heterocycles. The fourth-order valence-electron chi connectivity index (χ4n) is 2.10. The highest BCUT2D eigenvalue weighted by Crippen LogP contribution is 2.25. The fraction of sp³-hybridized carbons (Fsp3) is 0.571. The van der Waals surface area contributed by atoms with Gasteiger partial charge in [0.05, 0.1) is 12.3 Å². The van der Waals surface area contributed by atoms with Crippen LogP contribution in [0.4, 0.5) is 0 Å². The highest BCUT2D eigenvalue weighted by molar-refractivity contribution is 6.18. The Hall–Kier alpha value is -1.09. The van der Waals surface area contributed by atoms with Gasteiger partial charge in [-0.3, -0.25) is 4.79 Å². The Labute approximate surface area is 113 Å². The van der Waals surface area contributed by atoms with Gasteiger partial charge in [-0.2, -0.15) is 5.10 Å². The topological polar surface area (TPSA) is 32.7 Å². The first-order valence-corrected chi connectivity index (χ1v) is 6.85. The third-order valence-electron chi connectivity index (χ3n) is 3.23. The lowest BCUT2D eigenvalue weighted by Gasteiger charge is -2.27. The van der Waals surface area contributed by atoms with Crippen LogP contribution in [0.3, 0.4) is 0 Å². The summed E-state index contributed by atoms with van der Waals surface area (Å²) in [5.74, 6) is 0.890. The van der Waals surface area contributed by atoms with Crippen molar-refractivity contribution in [1.82, 2.24) is 5.01 Å². The predicted molar refractivity (Wildman–Crippen MR) is 74.7 cm³/mol. The molecule has 3 nitrogen and oxygen atoms in total. The molecule has 0 N–H and O–H groups in total. The van der Waals surface area contributed by atoms with E-state index in [1.807, 2.05) is 32.1 Å². The Balaban J connectivity index is 2.20. The SMILES string of the molecule is CC(C)(CCl)CN1N=C2C=CC=CC2CCC1=O. The highest BCUT2D eigenvalue weighted by atomic mass is 35.5. The number of alkyl halides is 1. The minimum Gasteiger partial charge on any atom is -0.273 e. The lowest BCUT2D eigenvalue weighted by Crippen LogP contribution is -2.36. The number of carbonyl (C=O) groups is 1. The van der Waals surface area contributed by atoms with Gasteiger partial charge in [-0.15, -0.1) is 11.6 Å². The Bertz CT molecular complexity index is 424. The average molecular weight is 267 g/mol. The number of carbonyl (C=O) groups excluding carboxylic acids is 1. The van der Waals surface area contributed by atoms with Gasteiger partial charge >= 0.3 is 0 Å². The number of allylic oxidation sites excluding steroid dienone is 4. The van der Waals surface area contributed by atoms with Crippen LogP contribution < -0.4 is 0 Å². The van der Waals surface area contributed by atoms with Crippen molar-refractivity contribution in [2.24, 2.45) is 16.4 Å². The molecular formula is C14H19ClN2O. The summed E-state index contributed by atoms with van der Waals surface area (Å²) in [4.78, 5) is 12.1. The maximum Gasteiger partial charge on any atom is 0.242 e. The first-order valence-electron chi connectivity index (χ1n) is 6.31. The van der Waals surface area contributed by atoms with Gasteiger partial charge in [0.2, 0.25) is 5.91 Å². The van der Waals surface area contributed by atoms with Crippen molar-refractivity contribution in [2.45, 2.75) is 26.7 Å². The Morgan fingerprint density at radius 2 is 2.28 bits per heavy atom. The zero-order valence-corrected chi connectivity index (χ0v) is 11.7. The molecule has 4 heteroatoms. The minimum absolute atomic E-state index is 0.0943. The molecule has 1 atom stereocenters. The molecule has 1 unspecified atom stereocenters. The molecule has 0 aromatic heterocycles. The van der Waals surface area contributed by atoms with Crippen LogP contribution in [-0.2, 0) is 4.79 Å². The van der Waals surface area contributed by atoms with Crippen LogP contribution in [0.2, 0.25) is 0 Å². The lowest BCUT2D eigenvalue weighted by molar-refractivity contribution is -0.132. The van der Waals surface area contributed by atoms with Gasteiger partial charge in [0.25, 0.3) is 0 Å². The molecular weight excluding hydrogens is 248 g/mol. The predicted octanol–water partition coefficient (Wildman–Crippen LogP) is 2.97. The second-order valence-corrected chi connectivity index (χ2v) is 5.93. The summed E-state index contributed by atoms with van der Waals surface area (Å²) in [6, 6.07) is 0. The van der Waals surface area contributed by atoms with E-state index in [1.54, 1.807) is 5.01 Å². The van der Waals surface area contributed by atoms with Gasteiger partial charge in [0, 0.05) is 18.2 Å². The molecule has 0 bridgehead atoms. The van der Waals surface area contributed by atoms with Crippen LogP contribution in [0.15, 0.2) is 29.4 Å². The summed E-state index contributed by atoms with van der Waals surface area (Å²) in [6.07, 6.45) is 9.49. The van der Waals surface area contributed by atoms with Gasteiger partial charge < -0.3 is 0 Å². The number of fused-ring (bicyclic) bond motifs is 1. The molecule has 0 radical (unpaired) electrons. The van der Waals surface area contributed by atoms with Crippen molar-refractivity contribution < 1.29 is 4.79 Å². The molecule has 0 spiro atoms. The summed E-state index contributed by atoms with van der Waals surface area (Å²) in [7, 11) is 0. The quantitative estimate of drug-likeness (QED) is 0.723. The molecule has 18 heavy (non-hydrogen) atoms. The first-order chi connectivity index (χ1) is 8.52. The maximum absolute atomic E-state index is 12.1. The number of halogens is 1. The van der Waals surface area contributed by atoms with Gasteiger partial charge in [0.15, 0.2) is 0 Å². The van der Waals surface area contributed by atoms with Crippen molar-refractivity contribution in [3.63, 3.8) is 0 Å². The summed E-state index contributed by atoms with van der Waals surface area (Å²) in [5, 5.41) is 6.11. The van der Waals surface area contributed by atoms with Gasteiger partial charge in [-0.25, -0.2) is 5.01 Å². The monoisotopic (exact) mass is 266 g/mol. The maximum atomic E-state index is 12.1. The van der Waals surface area contributed by atoms with E-state index in [0.717, 1.165) is 12.1 Å². The summed E-state index contributed by atoms with van der Waals surface area (Å²) in [5.41, 5.74) is 0.865. The minimum atomic E-state index is -0.116. The van der Waals surface area contributed by atoms with Crippen molar-refractivity contribution in [1.29, 1.82) is 0 Å². The van der Waals surface area contributed by atoms with E-state index in [4.69, 9.17) is 11.6 Å². The van der Waals surface area contributed by atoms with Gasteiger partial charge in [-0.05, 0) is 17.9 Å². The number of amides is 1. The Morgan fingerprint density at radius 3 is 3.00 bits per heavy atom. The molecule has 1 amide bonds. The van der Waals surface area contributed by atoms with Gasteiger partial charge in [0.1, 0.15) is 0 Å². The normalized spacial score (nSPS) is 23.7. The molecule has 0 aromatic rings. The van der Waals surface area contributed by atoms with Crippen molar-refractivity contribution >= 4 is 23.2 Å². The average Bonchev–Trinajstić information content (AvgIpc) is 2.50. The molecule has 1 heterocycles. The van der Waals surface area contributed by atoms with Crippen molar-refractivity contribution in [3.8, 4) is 0 Å². The molecule has 0 saturated carbocycles. The van der Waals surface area contributed by atoms with Crippen LogP contribution in [0.25, 0.3) is 0 Å². The fourth-order valence-corrected chi connectivity index (χ4v) is 2.19. The Kier molecular flexibility index (Phi) is 3.91. The molecule has 1 aliphatic carbocycles. The van der Waals surface area contributed by atoms with Crippen molar-refractivity contribution in [2.75, 3.05) is 12.4 Å². The van der Waals surface area contributed by atoms with E-state index in [0.29, 0.717) is 18.8 Å². The van der Waals surface area contributed by atoms with Crippen LogP contribution in [0, 0.1) is 11.3 Å². The Morgan fingerprint density at radius 1 is 1.50 bits per heavy atom. The molecule has 2 aliphatic rings. The number of rotatable bonds is 3.